The summed E-state index contributed by atoms with van der Waals surface area (Å²) in [7, 11) is 1.64. The molecular formula is C22H16O3. The van der Waals surface area contributed by atoms with E-state index in [1.807, 2.05) is 78.9 Å². The molecule has 4 rings (SSSR count). The standard InChI is InChI=1S/C22H16O3/c1-24-17-13-11-16(12-14-17)20(15-7-3-2-4-8-15)21-18-9-5-6-10-19(18)25-22(21)23/h2-14H,1H3/b21-20-. The Labute approximate surface area is 146 Å². The summed E-state index contributed by atoms with van der Waals surface area (Å²) in [6.45, 7) is 0. The summed E-state index contributed by atoms with van der Waals surface area (Å²) >= 11 is 0. The van der Waals surface area contributed by atoms with Gasteiger partial charge in [0.2, 0.25) is 0 Å². The molecule has 3 heteroatoms. The molecule has 0 unspecified atom stereocenters. The van der Waals surface area contributed by atoms with Crippen LogP contribution in [0.4, 0.5) is 0 Å². The Balaban J connectivity index is 1.99. The number of para-hydroxylation sites is 1. The van der Waals surface area contributed by atoms with Crippen molar-refractivity contribution >= 4 is 17.1 Å². The molecule has 122 valence electrons. The number of rotatable bonds is 3. The number of methoxy groups -OCH3 is 1. The van der Waals surface area contributed by atoms with Gasteiger partial charge in [0, 0.05) is 11.1 Å². The van der Waals surface area contributed by atoms with E-state index in [-0.39, 0.29) is 5.97 Å². The Bertz CT molecular complexity index is 954. The van der Waals surface area contributed by atoms with Crippen molar-refractivity contribution in [2.24, 2.45) is 0 Å². The Morgan fingerprint density at radius 1 is 0.800 bits per heavy atom. The second-order valence-corrected chi connectivity index (χ2v) is 5.73. The fraction of sp³-hybridized carbons (Fsp3) is 0.0455. The van der Waals surface area contributed by atoms with Crippen LogP contribution in [0.3, 0.4) is 0 Å². The molecule has 25 heavy (non-hydrogen) atoms. The molecule has 0 fully saturated rings. The highest BCUT2D eigenvalue weighted by atomic mass is 16.5. The van der Waals surface area contributed by atoms with Gasteiger partial charge in [-0.05, 0) is 29.3 Å². The number of hydrogen-bond acceptors (Lipinski definition) is 3. The lowest BCUT2D eigenvalue weighted by molar-refractivity contribution is -0.126. The molecule has 3 aromatic rings. The van der Waals surface area contributed by atoms with Crippen LogP contribution in [0.5, 0.6) is 11.5 Å². The third-order valence-electron chi connectivity index (χ3n) is 4.25. The number of hydrogen-bond donors (Lipinski definition) is 0. The lowest BCUT2D eigenvalue weighted by atomic mass is 9.90. The van der Waals surface area contributed by atoms with E-state index in [1.165, 1.54) is 0 Å². The molecule has 0 atom stereocenters. The van der Waals surface area contributed by atoms with Crippen LogP contribution in [-0.2, 0) is 4.79 Å². The molecule has 0 aliphatic carbocycles. The predicted molar refractivity (Wildman–Crippen MR) is 97.4 cm³/mol. The minimum atomic E-state index is -0.323. The Kier molecular flexibility index (Phi) is 3.82. The number of esters is 1. The highest BCUT2D eigenvalue weighted by Gasteiger charge is 2.30. The van der Waals surface area contributed by atoms with E-state index in [2.05, 4.69) is 0 Å². The van der Waals surface area contributed by atoms with E-state index >= 15 is 0 Å². The van der Waals surface area contributed by atoms with Crippen LogP contribution < -0.4 is 9.47 Å². The zero-order chi connectivity index (χ0) is 17.2. The summed E-state index contributed by atoms with van der Waals surface area (Å²) in [6.07, 6.45) is 0. The van der Waals surface area contributed by atoms with Gasteiger partial charge in [-0.25, -0.2) is 4.79 Å². The van der Waals surface area contributed by atoms with Crippen molar-refractivity contribution in [1.82, 2.24) is 0 Å². The van der Waals surface area contributed by atoms with E-state index in [4.69, 9.17) is 9.47 Å². The first kappa shape index (κ1) is 15.2. The number of carbonyl (C=O) groups is 1. The molecule has 0 aromatic heterocycles. The zero-order valence-corrected chi connectivity index (χ0v) is 13.7. The van der Waals surface area contributed by atoms with E-state index in [9.17, 15) is 4.79 Å². The molecule has 1 heterocycles. The average Bonchev–Trinajstić information content (AvgIpc) is 3.00. The molecule has 0 N–H and O–H groups in total. The van der Waals surface area contributed by atoms with E-state index in [0.29, 0.717) is 11.3 Å². The largest absolute Gasteiger partial charge is 0.497 e. The molecule has 0 spiro atoms. The summed E-state index contributed by atoms with van der Waals surface area (Å²) in [6, 6.07) is 25.1. The van der Waals surface area contributed by atoms with Crippen molar-refractivity contribution in [3.05, 3.63) is 95.6 Å². The van der Waals surface area contributed by atoms with Crippen LogP contribution in [0, 0.1) is 0 Å². The molecule has 1 aliphatic rings. The molecular weight excluding hydrogens is 312 g/mol. The summed E-state index contributed by atoms with van der Waals surface area (Å²) in [5.74, 6) is 1.05. The Hall–Kier alpha value is -3.33. The minimum Gasteiger partial charge on any atom is -0.497 e. The van der Waals surface area contributed by atoms with E-state index in [0.717, 1.165) is 28.0 Å². The number of ether oxygens (including phenoxy) is 2. The molecule has 0 amide bonds. The van der Waals surface area contributed by atoms with Crippen LogP contribution >= 0.6 is 0 Å². The average molecular weight is 328 g/mol. The molecule has 0 radical (unpaired) electrons. The van der Waals surface area contributed by atoms with Gasteiger partial charge in [0.15, 0.2) is 0 Å². The van der Waals surface area contributed by atoms with Gasteiger partial charge in [-0.3, -0.25) is 0 Å². The molecule has 0 bridgehead atoms. The SMILES string of the molecule is COc1ccc(/C(=C2\C(=O)Oc3ccccc32)c2ccccc2)cc1. The number of carbonyl (C=O) groups excluding carboxylic acids is 1. The Morgan fingerprint density at radius 3 is 2.16 bits per heavy atom. The fourth-order valence-electron chi connectivity index (χ4n) is 3.08. The van der Waals surface area contributed by atoms with E-state index < -0.39 is 0 Å². The maximum Gasteiger partial charge on any atom is 0.344 e. The highest BCUT2D eigenvalue weighted by molar-refractivity contribution is 6.30. The lowest BCUT2D eigenvalue weighted by Crippen LogP contribution is -2.04. The lowest BCUT2D eigenvalue weighted by Gasteiger charge is -2.12. The summed E-state index contributed by atoms with van der Waals surface area (Å²) in [5.41, 5.74) is 4.18. The summed E-state index contributed by atoms with van der Waals surface area (Å²) in [4.78, 5) is 12.6. The third kappa shape index (κ3) is 2.70. The third-order valence-corrected chi connectivity index (χ3v) is 4.25. The van der Waals surface area contributed by atoms with Crippen molar-refractivity contribution < 1.29 is 14.3 Å². The van der Waals surface area contributed by atoms with Gasteiger partial charge >= 0.3 is 5.97 Å². The Morgan fingerprint density at radius 2 is 1.44 bits per heavy atom. The molecule has 1 aliphatic heterocycles. The van der Waals surface area contributed by atoms with Crippen molar-refractivity contribution in [2.45, 2.75) is 0 Å². The monoisotopic (exact) mass is 328 g/mol. The first-order valence-corrected chi connectivity index (χ1v) is 8.03. The van der Waals surface area contributed by atoms with Crippen molar-refractivity contribution in [3.63, 3.8) is 0 Å². The van der Waals surface area contributed by atoms with Crippen molar-refractivity contribution in [2.75, 3.05) is 7.11 Å². The van der Waals surface area contributed by atoms with Gasteiger partial charge in [0.1, 0.15) is 11.5 Å². The molecule has 3 aromatic carbocycles. The van der Waals surface area contributed by atoms with Crippen LogP contribution in [-0.4, -0.2) is 13.1 Å². The van der Waals surface area contributed by atoms with Gasteiger partial charge < -0.3 is 9.47 Å². The molecule has 0 saturated carbocycles. The van der Waals surface area contributed by atoms with Gasteiger partial charge in [0.25, 0.3) is 0 Å². The first-order chi connectivity index (χ1) is 12.3. The predicted octanol–water partition coefficient (Wildman–Crippen LogP) is 4.57. The maximum atomic E-state index is 12.6. The smallest absolute Gasteiger partial charge is 0.344 e. The highest BCUT2D eigenvalue weighted by Crippen LogP contribution is 2.41. The van der Waals surface area contributed by atoms with Crippen LogP contribution in [0.1, 0.15) is 16.7 Å². The minimum absolute atomic E-state index is 0.323. The van der Waals surface area contributed by atoms with Crippen LogP contribution in [0.2, 0.25) is 0 Å². The van der Waals surface area contributed by atoms with E-state index in [1.54, 1.807) is 7.11 Å². The maximum absolute atomic E-state index is 12.6. The van der Waals surface area contributed by atoms with Gasteiger partial charge in [0.05, 0.1) is 12.7 Å². The topological polar surface area (TPSA) is 35.5 Å². The number of fused-ring (bicyclic) bond motifs is 1. The van der Waals surface area contributed by atoms with Crippen molar-refractivity contribution in [1.29, 1.82) is 0 Å². The normalized spacial score (nSPS) is 14.7. The first-order valence-electron chi connectivity index (χ1n) is 8.03. The van der Waals surface area contributed by atoms with Gasteiger partial charge in [-0.15, -0.1) is 0 Å². The fourth-order valence-corrected chi connectivity index (χ4v) is 3.08. The second-order valence-electron chi connectivity index (χ2n) is 5.73. The quantitative estimate of drug-likeness (QED) is 0.401. The van der Waals surface area contributed by atoms with Crippen LogP contribution in [0.25, 0.3) is 11.1 Å². The van der Waals surface area contributed by atoms with Crippen LogP contribution in [0.15, 0.2) is 78.9 Å². The zero-order valence-electron chi connectivity index (χ0n) is 13.7. The number of benzene rings is 3. The summed E-state index contributed by atoms with van der Waals surface area (Å²) < 4.78 is 10.7. The second kappa shape index (κ2) is 6.29. The van der Waals surface area contributed by atoms with Gasteiger partial charge in [-0.1, -0.05) is 60.7 Å². The molecule has 3 nitrogen and oxygen atoms in total. The molecule has 0 saturated heterocycles. The van der Waals surface area contributed by atoms with Crippen molar-refractivity contribution in [3.8, 4) is 11.5 Å². The summed E-state index contributed by atoms with van der Waals surface area (Å²) in [5, 5.41) is 0. The van der Waals surface area contributed by atoms with Gasteiger partial charge in [-0.2, -0.15) is 0 Å².